The summed E-state index contributed by atoms with van der Waals surface area (Å²) < 4.78 is 0. The van der Waals surface area contributed by atoms with Gasteiger partial charge in [-0.2, -0.15) is 0 Å². The number of aromatic nitrogens is 2. The van der Waals surface area contributed by atoms with Crippen LogP contribution in [0.1, 0.15) is 55.7 Å². The lowest BCUT2D eigenvalue weighted by Gasteiger charge is -2.42. The first-order chi connectivity index (χ1) is 13.7. The Bertz CT molecular complexity index is 808. The zero-order valence-corrected chi connectivity index (χ0v) is 17.3. The topological polar surface area (TPSA) is 55.0 Å². The van der Waals surface area contributed by atoms with E-state index in [1.807, 2.05) is 24.2 Å². The van der Waals surface area contributed by atoms with Gasteiger partial charge in [-0.15, -0.1) is 11.8 Å². The van der Waals surface area contributed by atoms with E-state index in [1.54, 1.807) is 0 Å². The second kappa shape index (κ2) is 7.68. The highest BCUT2D eigenvalue weighted by molar-refractivity contribution is 7.99. The first kappa shape index (κ1) is 18.4. The number of nitrogens with two attached hydrogens (primary N) is 1. The number of anilines is 1. The number of rotatable bonds is 4. The van der Waals surface area contributed by atoms with E-state index in [0.717, 1.165) is 49.1 Å². The lowest BCUT2D eigenvalue weighted by molar-refractivity contribution is 0.187. The van der Waals surface area contributed by atoms with E-state index in [4.69, 9.17) is 10.7 Å². The predicted octanol–water partition coefficient (Wildman–Crippen LogP) is 4.60. The minimum atomic E-state index is 0.172. The highest BCUT2D eigenvalue weighted by Crippen LogP contribution is 2.50. The SMILES string of the molecule is N[C@@H]1c2ccccc2CC12CCN(c1cnc(SCC3CCCC3)cn1)CC2. The normalized spacial score (nSPS) is 24.0. The molecule has 0 bridgehead atoms. The van der Waals surface area contributed by atoms with Crippen molar-refractivity contribution in [1.29, 1.82) is 0 Å². The van der Waals surface area contributed by atoms with Crippen LogP contribution in [-0.4, -0.2) is 28.8 Å². The highest BCUT2D eigenvalue weighted by atomic mass is 32.2. The van der Waals surface area contributed by atoms with Gasteiger partial charge in [-0.3, -0.25) is 0 Å². The van der Waals surface area contributed by atoms with Crippen LogP contribution in [0.2, 0.25) is 0 Å². The maximum absolute atomic E-state index is 6.70. The van der Waals surface area contributed by atoms with E-state index < -0.39 is 0 Å². The number of hydrogen-bond acceptors (Lipinski definition) is 5. The van der Waals surface area contributed by atoms with Gasteiger partial charge in [-0.25, -0.2) is 9.97 Å². The quantitative estimate of drug-likeness (QED) is 0.768. The summed E-state index contributed by atoms with van der Waals surface area (Å²) in [5.41, 5.74) is 9.73. The molecule has 5 heteroatoms. The van der Waals surface area contributed by atoms with Crippen LogP contribution in [0.5, 0.6) is 0 Å². The molecule has 2 aromatic rings. The van der Waals surface area contributed by atoms with Crippen molar-refractivity contribution < 1.29 is 0 Å². The molecule has 0 amide bonds. The van der Waals surface area contributed by atoms with E-state index in [0.29, 0.717) is 0 Å². The van der Waals surface area contributed by atoms with Gasteiger partial charge in [0.25, 0.3) is 0 Å². The maximum Gasteiger partial charge on any atom is 0.147 e. The van der Waals surface area contributed by atoms with Crippen LogP contribution in [0.4, 0.5) is 5.82 Å². The monoisotopic (exact) mass is 394 g/mol. The van der Waals surface area contributed by atoms with Crippen LogP contribution < -0.4 is 10.6 Å². The molecular formula is C23H30N4S. The minimum Gasteiger partial charge on any atom is -0.355 e. The number of nitrogens with zero attached hydrogens (tertiary/aromatic N) is 3. The summed E-state index contributed by atoms with van der Waals surface area (Å²) in [6.07, 6.45) is 12.9. The fourth-order valence-electron chi connectivity index (χ4n) is 5.41. The molecule has 1 saturated heterocycles. The lowest BCUT2D eigenvalue weighted by atomic mass is 9.73. The molecule has 1 spiro atoms. The molecule has 0 unspecified atom stereocenters. The molecule has 1 aliphatic heterocycles. The molecule has 1 aromatic carbocycles. The van der Waals surface area contributed by atoms with Gasteiger partial charge in [0.05, 0.1) is 12.4 Å². The number of fused-ring (bicyclic) bond motifs is 1. The van der Waals surface area contributed by atoms with Gasteiger partial charge < -0.3 is 10.6 Å². The van der Waals surface area contributed by atoms with Crippen molar-refractivity contribution in [2.45, 2.75) is 56.0 Å². The highest BCUT2D eigenvalue weighted by Gasteiger charge is 2.45. The Morgan fingerprint density at radius 3 is 2.57 bits per heavy atom. The average Bonchev–Trinajstić information content (AvgIpc) is 3.35. The van der Waals surface area contributed by atoms with Gasteiger partial charge in [0, 0.05) is 24.9 Å². The average molecular weight is 395 g/mol. The van der Waals surface area contributed by atoms with Crippen molar-refractivity contribution in [3.8, 4) is 0 Å². The van der Waals surface area contributed by atoms with E-state index in [2.05, 4.69) is 34.1 Å². The Balaban J connectivity index is 1.19. The van der Waals surface area contributed by atoms with E-state index in [9.17, 15) is 0 Å². The summed E-state index contributed by atoms with van der Waals surface area (Å²) in [5, 5.41) is 1.07. The van der Waals surface area contributed by atoms with Crippen molar-refractivity contribution in [2.24, 2.45) is 17.1 Å². The standard InChI is InChI=1S/C23H30N4S/c24-22-19-8-4-3-7-18(19)13-23(22)9-11-27(12-10-23)20-14-26-21(15-25-20)28-16-17-5-1-2-6-17/h3-4,7-8,14-15,17,22H,1-2,5-6,9-13,16,24H2/t22-/m1/s1. The Hall–Kier alpha value is -1.59. The largest absolute Gasteiger partial charge is 0.355 e. The molecule has 0 radical (unpaired) electrons. The van der Waals surface area contributed by atoms with Crippen molar-refractivity contribution in [3.05, 3.63) is 47.8 Å². The van der Waals surface area contributed by atoms with Gasteiger partial charge in [0.1, 0.15) is 10.8 Å². The van der Waals surface area contributed by atoms with Crippen molar-refractivity contribution in [2.75, 3.05) is 23.7 Å². The second-order valence-electron chi connectivity index (χ2n) is 8.88. The summed E-state index contributed by atoms with van der Waals surface area (Å²) in [6, 6.07) is 8.90. The summed E-state index contributed by atoms with van der Waals surface area (Å²) in [7, 11) is 0. The Labute approximate surface area is 172 Å². The van der Waals surface area contributed by atoms with Crippen LogP contribution in [0.15, 0.2) is 41.7 Å². The zero-order chi connectivity index (χ0) is 19.0. The molecule has 5 rings (SSSR count). The first-order valence-electron chi connectivity index (χ1n) is 10.8. The Kier molecular flexibility index (Phi) is 5.06. The van der Waals surface area contributed by atoms with Crippen LogP contribution in [0, 0.1) is 11.3 Å². The molecule has 1 saturated carbocycles. The lowest BCUT2D eigenvalue weighted by Crippen LogP contribution is -2.44. The van der Waals surface area contributed by atoms with Gasteiger partial charge >= 0.3 is 0 Å². The Morgan fingerprint density at radius 1 is 1.07 bits per heavy atom. The van der Waals surface area contributed by atoms with Crippen molar-refractivity contribution in [3.63, 3.8) is 0 Å². The van der Waals surface area contributed by atoms with Crippen molar-refractivity contribution in [1.82, 2.24) is 9.97 Å². The van der Waals surface area contributed by atoms with Crippen LogP contribution in [0.3, 0.4) is 0 Å². The first-order valence-corrected chi connectivity index (χ1v) is 11.8. The molecule has 1 atom stereocenters. The van der Waals surface area contributed by atoms with E-state index in [-0.39, 0.29) is 11.5 Å². The fraction of sp³-hybridized carbons (Fsp3) is 0.565. The van der Waals surface area contributed by atoms with Gasteiger partial charge in [0.2, 0.25) is 0 Å². The van der Waals surface area contributed by atoms with Crippen LogP contribution in [0.25, 0.3) is 0 Å². The second-order valence-corrected chi connectivity index (χ2v) is 9.92. The maximum atomic E-state index is 6.70. The van der Waals surface area contributed by atoms with Crippen LogP contribution >= 0.6 is 11.8 Å². The third-order valence-corrected chi connectivity index (χ3v) is 8.38. The van der Waals surface area contributed by atoms with E-state index in [1.165, 1.54) is 42.6 Å². The summed E-state index contributed by atoms with van der Waals surface area (Å²) >= 11 is 1.87. The fourth-order valence-corrected chi connectivity index (χ4v) is 6.41. The number of thioether (sulfide) groups is 1. The third-order valence-electron chi connectivity index (χ3n) is 7.23. The molecule has 2 fully saturated rings. The molecule has 28 heavy (non-hydrogen) atoms. The molecule has 2 aliphatic carbocycles. The van der Waals surface area contributed by atoms with Gasteiger partial charge in [-0.1, -0.05) is 37.1 Å². The molecule has 4 nitrogen and oxygen atoms in total. The Morgan fingerprint density at radius 2 is 1.86 bits per heavy atom. The molecule has 2 N–H and O–H groups in total. The molecule has 1 aromatic heterocycles. The number of hydrogen-bond donors (Lipinski definition) is 1. The molecular weight excluding hydrogens is 364 g/mol. The molecule has 3 aliphatic rings. The summed E-state index contributed by atoms with van der Waals surface area (Å²) in [5.74, 6) is 3.09. The van der Waals surface area contributed by atoms with Crippen LogP contribution in [-0.2, 0) is 6.42 Å². The van der Waals surface area contributed by atoms with Gasteiger partial charge in [-0.05, 0) is 54.6 Å². The summed E-state index contributed by atoms with van der Waals surface area (Å²) in [6.45, 7) is 2.04. The minimum absolute atomic E-state index is 0.172. The smallest absolute Gasteiger partial charge is 0.147 e. The summed E-state index contributed by atoms with van der Waals surface area (Å²) in [4.78, 5) is 11.8. The van der Waals surface area contributed by atoms with Crippen molar-refractivity contribution >= 4 is 17.6 Å². The zero-order valence-electron chi connectivity index (χ0n) is 16.5. The third kappa shape index (κ3) is 3.43. The molecule has 2 heterocycles. The number of piperidine rings is 1. The number of benzene rings is 1. The van der Waals surface area contributed by atoms with E-state index >= 15 is 0 Å². The molecule has 148 valence electrons. The predicted molar refractivity (Wildman–Crippen MR) is 116 cm³/mol. The van der Waals surface area contributed by atoms with Gasteiger partial charge in [0.15, 0.2) is 0 Å².